The number of halogens is 5. The Balaban J connectivity index is 0.00000261. The molecule has 0 aliphatic heterocycles. The van der Waals surface area contributed by atoms with Gasteiger partial charge in [0.2, 0.25) is 0 Å². The van der Waals surface area contributed by atoms with E-state index in [0.29, 0.717) is 5.92 Å². The van der Waals surface area contributed by atoms with Gasteiger partial charge in [0.1, 0.15) is 5.82 Å². The third-order valence-electron chi connectivity index (χ3n) is 4.45. The normalized spacial score (nSPS) is 15.0. The molecule has 27 heavy (non-hydrogen) atoms. The van der Waals surface area contributed by atoms with E-state index in [2.05, 4.69) is 5.32 Å². The molecule has 3 rings (SSSR count). The van der Waals surface area contributed by atoms with Gasteiger partial charge in [0.25, 0.3) is 5.91 Å². The molecule has 8 heteroatoms. The zero-order valence-corrected chi connectivity index (χ0v) is 15.0. The van der Waals surface area contributed by atoms with Gasteiger partial charge in [0, 0.05) is 12.6 Å². The lowest BCUT2D eigenvalue weighted by Gasteiger charge is -2.15. The highest BCUT2D eigenvalue weighted by Gasteiger charge is 2.31. The van der Waals surface area contributed by atoms with Gasteiger partial charge in [-0.3, -0.25) is 4.79 Å². The summed E-state index contributed by atoms with van der Waals surface area (Å²) in [5.74, 6) is -0.823. The van der Waals surface area contributed by atoms with Crippen molar-refractivity contribution >= 4 is 18.3 Å². The van der Waals surface area contributed by atoms with Crippen LogP contribution in [-0.4, -0.2) is 18.5 Å². The van der Waals surface area contributed by atoms with Crippen molar-refractivity contribution in [3.63, 3.8) is 0 Å². The van der Waals surface area contributed by atoms with Gasteiger partial charge < -0.3 is 11.1 Å². The summed E-state index contributed by atoms with van der Waals surface area (Å²) in [6, 6.07) is 7.86. The molecule has 0 spiro atoms. The zero-order chi connectivity index (χ0) is 18.9. The van der Waals surface area contributed by atoms with E-state index in [1.165, 1.54) is 18.2 Å². The smallest absolute Gasteiger partial charge is 0.350 e. The van der Waals surface area contributed by atoms with Gasteiger partial charge >= 0.3 is 6.18 Å². The van der Waals surface area contributed by atoms with Gasteiger partial charge in [-0.05, 0) is 54.2 Å². The maximum atomic E-state index is 13.6. The van der Waals surface area contributed by atoms with Crippen LogP contribution in [0.15, 0.2) is 42.5 Å². The maximum Gasteiger partial charge on any atom is 0.416 e. The van der Waals surface area contributed by atoms with Crippen molar-refractivity contribution in [3.8, 4) is 11.1 Å². The van der Waals surface area contributed by atoms with E-state index < -0.39 is 23.5 Å². The fourth-order valence-corrected chi connectivity index (χ4v) is 2.82. The minimum absolute atomic E-state index is 0. The number of rotatable bonds is 5. The maximum absolute atomic E-state index is 13.6. The molecule has 0 aromatic heterocycles. The number of nitrogens with one attached hydrogen (secondary N) is 1. The minimum atomic E-state index is -4.50. The molecule has 3 nitrogen and oxygen atoms in total. The van der Waals surface area contributed by atoms with Crippen molar-refractivity contribution in [3.05, 3.63) is 59.4 Å². The molecular formula is C19H19ClF4N2O. The Labute approximate surface area is 160 Å². The zero-order valence-electron chi connectivity index (χ0n) is 14.2. The average Bonchev–Trinajstić information content (AvgIpc) is 3.44. The number of benzene rings is 2. The molecule has 2 aromatic carbocycles. The average molecular weight is 403 g/mol. The monoisotopic (exact) mass is 402 g/mol. The van der Waals surface area contributed by atoms with Gasteiger partial charge in [-0.15, -0.1) is 12.4 Å². The first-order valence-electron chi connectivity index (χ1n) is 8.26. The SMILES string of the molecule is Cl.NC(CNC(=O)c1cc(F)ccc1-c1cccc(C(F)(F)F)c1)C1CC1. The second-order valence-electron chi connectivity index (χ2n) is 6.48. The van der Waals surface area contributed by atoms with E-state index in [0.717, 1.165) is 37.1 Å². The van der Waals surface area contributed by atoms with E-state index >= 15 is 0 Å². The van der Waals surface area contributed by atoms with Crippen molar-refractivity contribution in [1.29, 1.82) is 0 Å². The Hall–Kier alpha value is -2.12. The highest BCUT2D eigenvalue weighted by Crippen LogP contribution is 2.34. The largest absolute Gasteiger partial charge is 0.416 e. The number of nitrogens with two attached hydrogens (primary N) is 1. The summed E-state index contributed by atoms with van der Waals surface area (Å²) in [6.45, 7) is 0.238. The third kappa shape index (κ3) is 5.20. The van der Waals surface area contributed by atoms with E-state index in [-0.39, 0.29) is 41.7 Å². The standard InChI is InChI=1S/C19H18F4N2O.ClH/c20-14-6-7-15(12-2-1-3-13(8-12)19(21,22)23)16(9-14)18(26)25-10-17(24)11-4-5-11;/h1-3,6-9,11,17H,4-5,10,24H2,(H,25,26);1H. The molecule has 1 saturated carbocycles. The molecule has 146 valence electrons. The van der Waals surface area contributed by atoms with Crippen molar-refractivity contribution in [2.24, 2.45) is 11.7 Å². The summed E-state index contributed by atoms with van der Waals surface area (Å²) >= 11 is 0. The molecule has 1 atom stereocenters. The summed E-state index contributed by atoms with van der Waals surface area (Å²) in [4.78, 5) is 12.5. The number of carbonyl (C=O) groups excluding carboxylic acids is 1. The second-order valence-corrected chi connectivity index (χ2v) is 6.48. The third-order valence-corrected chi connectivity index (χ3v) is 4.45. The van der Waals surface area contributed by atoms with Crippen LogP contribution in [0.1, 0.15) is 28.8 Å². The molecule has 2 aromatic rings. The van der Waals surface area contributed by atoms with E-state index in [9.17, 15) is 22.4 Å². The first kappa shape index (κ1) is 21.2. The number of carbonyl (C=O) groups is 1. The molecule has 3 N–H and O–H groups in total. The number of hydrogen-bond donors (Lipinski definition) is 2. The van der Waals surface area contributed by atoms with Gasteiger partial charge in [-0.25, -0.2) is 4.39 Å². The lowest BCUT2D eigenvalue weighted by atomic mass is 9.97. The highest BCUT2D eigenvalue weighted by molar-refractivity contribution is 6.01. The molecule has 0 saturated heterocycles. The lowest BCUT2D eigenvalue weighted by Crippen LogP contribution is -2.38. The lowest BCUT2D eigenvalue weighted by molar-refractivity contribution is -0.137. The Bertz CT molecular complexity index is 822. The predicted molar refractivity (Wildman–Crippen MR) is 97.1 cm³/mol. The molecule has 0 radical (unpaired) electrons. The summed E-state index contributed by atoms with van der Waals surface area (Å²) in [5.41, 5.74) is 5.51. The number of hydrogen-bond acceptors (Lipinski definition) is 2. The van der Waals surface area contributed by atoms with Crippen LogP contribution in [0.5, 0.6) is 0 Å². The van der Waals surface area contributed by atoms with Gasteiger partial charge in [-0.2, -0.15) is 13.2 Å². The fourth-order valence-electron chi connectivity index (χ4n) is 2.82. The van der Waals surface area contributed by atoms with E-state index in [1.807, 2.05) is 0 Å². The summed E-state index contributed by atoms with van der Waals surface area (Å²) in [7, 11) is 0. The minimum Gasteiger partial charge on any atom is -0.350 e. The van der Waals surface area contributed by atoms with Gasteiger partial charge in [0.05, 0.1) is 11.1 Å². The first-order chi connectivity index (χ1) is 12.3. The molecular weight excluding hydrogens is 384 g/mol. The van der Waals surface area contributed by atoms with Crippen LogP contribution in [-0.2, 0) is 6.18 Å². The molecule has 0 bridgehead atoms. The molecule has 0 heterocycles. The fraction of sp³-hybridized carbons (Fsp3) is 0.316. The summed E-state index contributed by atoms with van der Waals surface area (Å²) in [5, 5.41) is 2.65. The predicted octanol–water partition coefficient (Wildman–Crippen LogP) is 4.40. The first-order valence-corrected chi connectivity index (χ1v) is 8.26. The molecule has 1 aliphatic carbocycles. The van der Waals surface area contributed by atoms with Crippen LogP contribution in [0.4, 0.5) is 17.6 Å². The molecule has 1 fully saturated rings. The topological polar surface area (TPSA) is 55.1 Å². The Kier molecular flexibility index (Phi) is 6.49. The summed E-state index contributed by atoms with van der Waals surface area (Å²) in [6.07, 6.45) is -2.46. The van der Waals surface area contributed by atoms with Crippen LogP contribution < -0.4 is 11.1 Å². The molecule has 1 aliphatic rings. The van der Waals surface area contributed by atoms with Gasteiger partial charge in [0.15, 0.2) is 0 Å². The number of alkyl halides is 3. The Morgan fingerprint density at radius 2 is 1.89 bits per heavy atom. The van der Waals surface area contributed by atoms with Crippen molar-refractivity contribution in [1.82, 2.24) is 5.32 Å². The van der Waals surface area contributed by atoms with Crippen molar-refractivity contribution in [2.45, 2.75) is 25.1 Å². The van der Waals surface area contributed by atoms with Crippen LogP contribution in [0.2, 0.25) is 0 Å². The van der Waals surface area contributed by atoms with Crippen LogP contribution in [0.25, 0.3) is 11.1 Å². The van der Waals surface area contributed by atoms with E-state index in [4.69, 9.17) is 5.73 Å². The van der Waals surface area contributed by atoms with Gasteiger partial charge in [-0.1, -0.05) is 18.2 Å². The van der Waals surface area contributed by atoms with Crippen LogP contribution >= 0.6 is 12.4 Å². The Morgan fingerprint density at radius 3 is 2.52 bits per heavy atom. The quantitative estimate of drug-likeness (QED) is 0.728. The van der Waals surface area contributed by atoms with Crippen molar-refractivity contribution in [2.75, 3.05) is 6.54 Å². The van der Waals surface area contributed by atoms with E-state index in [1.54, 1.807) is 0 Å². The Morgan fingerprint density at radius 1 is 1.19 bits per heavy atom. The molecule has 1 unspecified atom stereocenters. The van der Waals surface area contributed by atoms with Crippen LogP contribution in [0, 0.1) is 11.7 Å². The molecule has 1 amide bonds. The highest BCUT2D eigenvalue weighted by atomic mass is 35.5. The van der Waals surface area contributed by atoms with Crippen LogP contribution in [0.3, 0.4) is 0 Å². The number of amides is 1. The van der Waals surface area contributed by atoms with Crippen molar-refractivity contribution < 1.29 is 22.4 Å². The summed E-state index contributed by atoms with van der Waals surface area (Å²) < 4.78 is 52.5. The second kappa shape index (κ2) is 8.27.